The molecular weight excluding hydrogens is 406 g/mol. The Balaban J connectivity index is 1.33. The van der Waals surface area contributed by atoms with E-state index in [0.29, 0.717) is 34.4 Å². The lowest BCUT2D eigenvalue weighted by Crippen LogP contribution is -2.72. The second kappa shape index (κ2) is 7.55. The first-order chi connectivity index (χ1) is 15.8. The Morgan fingerprint density at radius 3 is 2.64 bits per heavy atom. The predicted molar refractivity (Wildman–Crippen MR) is 133 cm³/mol. The zero-order valence-electron chi connectivity index (χ0n) is 21.4. The van der Waals surface area contributed by atoms with Crippen molar-refractivity contribution in [3.8, 4) is 0 Å². The van der Waals surface area contributed by atoms with Gasteiger partial charge in [-0.3, -0.25) is 4.90 Å². The first kappa shape index (κ1) is 22.6. The molecule has 9 atom stereocenters. The monoisotopic (exact) mass is 451 g/mol. The fraction of sp³-hybridized carbons (Fsp3) is 0.800. The maximum atomic E-state index is 11.4. The SMILES string of the molecule is CC1[C@H]2CC[C@]34CCC[C@H]3[C@@]3(CCCOCc5ccccc5)[C@@H]([C@@H](C(C)(C)O)CC[C@@]23C)N14. The Hall–Kier alpha value is -0.900. The van der Waals surface area contributed by atoms with Crippen LogP contribution in [0.3, 0.4) is 0 Å². The van der Waals surface area contributed by atoms with E-state index in [9.17, 15) is 5.11 Å². The second-order valence-corrected chi connectivity index (χ2v) is 13.2. The molecule has 2 unspecified atom stereocenters. The van der Waals surface area contributed by atoms with E-state index in [1.807, 2.05) is 0 Å². The first-order valence-electron chi connectivity index (χ1n) is 13.9. The van der Waals surface area contributed by atoms with Crippen molar-refractivity contribution in [1.29, 1.82) is 0 Å². The summed E-state index contributed by atoms with van der Waals surface area (Å²) < 4.78 is 6.20. The summed E-state index contributed by atoms with van der Waals surface area (Å²) in [5, 5.41) is 11.4. The molecule has 3 heteroatoms. The Bertz CT molecular complexity index is 879. The summed E-state index contributed by atoms with van der Waals surface area (Å²) in [6.07, 6.45) is 12.0. The molecule has 0 amide bonds. The molecule has 1 N–H and O–H groups in total. The second-order valence-electron chi connectivity index (χ2n) is 13.2. The molecule has 5 fully saturated rings. The summed E-state index contributed by atoms with van der Waals surface area (Å²) in [7, 11) is 0. The van der Waals surface area contributed by atoms with Gasteiger partial charge in [-0.2, -0.15) is 0 Å². The molecule has 1 aromatic carbocycles. The van der Waals surface area contributed by atoms with Gasteiger partial charge in [-0.05, 0) is 100 Å². The topological polar surface area (TPSA) is 32.7 Å². The van der Waals surface area contributed by atoms with Gasteiger partial charge in [0.1, 0.15) is 0 Å². The smallest absolute Gasteiger partial charge is 0.0716 e. The predicted octanol–water partition coefficient (Wildman–Crippen LogP) is 6.19. The number of ether oxygens (including phenoxy) is 1. The largest absolute Gasteiger partial charge is 0.390 e. The fourth-order valence-corrected chi connectivity index (χ4v) is 10.9. The van der Waals surface area contributed by atoms with Crippen LogP contribution in [0.15, 0.2) is 30.3 Å². The number of benzene rings is 1. The number of fused-ring (bicyclic) bond motifs is 2. The van der Waals surface area contributed by atoms with E-state index in [0.717, 1.165) is 31.5 Å². The van der Waals surface area contributed by atoms with Gasteiger partial charge in [-0.1, -0.05) is 43.7 Å². The van der Waals surface area contributed by atoms with Gasteiger partial charge < -0.3 is 9.84 Å². The highest BCUT2D eigenvalue weighted by atomic mass is 16.5. The number of piperidine rings is 2. The van der Waals surface area contributed by atoms with Gasteiger partial charge in [0.15, 0.2) is 0 Å². The van der Waals surface area contributed by atoms with E-state index in [4.69, 9.17) is 4.74 Å². The highest BCUT2D eigenvalue weighted by Gasteiger charge is 2.81. The van der Waals surface area contributed by atoms with Crippen LogP contribution in [0.4, 0.5) is 0 Å². The van der Waals surface area contributed by atoms with Gasteiger partial charge in [-0.25, -0.2) is 0 Å². The molecule has 3 saturated heterocycles. The highest BCUT2D eigenvalue weighted by molar-refractivity contribution is 5.33. The lowest BCUT2D eigenvalue weighted by atomic mass is 9.41. The van der Waals surface area contributed by atoms with Crippen LogP contribution in [-0.2, 0) is 11.3 Å². The van der Waals surface area contributed by atoms with Gasteiger partial charge in [0.05, 0.1) is 12.2 Å². The lowest BCUT2D eigenvalue weighted by Gasteiger charge is -2.70. The molecule has 5 bridgehead atoms. The zero-order chi connectivity index (χ0) is 23.1. The quantitative estimate of drug-likeness (QED) is 0.502. The summed E-state index contributed by atoms with van der Waals surface area (Å²) in [6, 6.07) is 11.8. The molecule has 1 spiro atoms. The molecule has 3 aliphatic heterocycles. The van der Waals surface area contributed by atoms with E-state index in [1.54, 1.807) is 0 Å². The highest BCUT2D eigenvalue weighted by Crippen LogP contribution is 2.80. The Kier molecular flexibility index (Phi) is 5.16. The van der Waals surface area contributed by atoms with Crippen molar-refractivity contribution in [2.75, 3.05) is 6.61 Å². The summed E-state index contributed by atoms with van der Waals surface area (Å²) >= 11 is 0. The average Bonchev–Trinajstić information content (AvgIpc) is 3.25. The summed E-state index contributed by atoms with van der Waals surface area (Å²) in [6.45, 7) is 11.0. The molecule has 3 nitrogen and oxygen atoms in total. The molecule has 2 saturated carbocycles. The first-order valence-corrected chi connectivity index (χ1v) is 13.9. The third kappa shape index (κ3) is 2.85. The van der Waals surface area contributed by atoms with Crippen LogP contribution in [0.1, 0.15) is 91.0 Å². The van der Waals surface area contributed by atoms with Crippen LogP contribution in [0.2, 0.25) is 0 Å². The normalized spacial score (nSPS) is 47.7. The minimum atomic E-state index is -0.606. The van der Waals surface area contributed by atoms with E-state index < -0.39 is 5.60 Å². The Labute approximate surface area is 201 Å². The summed E-state index contributed by atoms with van der Waals surface area (Å²) in [4.78, 5) is 3.06. The van der Waals surface area contributed by atoms with E-state index in [-0.39, 0.29) is 0 Å². The minimum Gasteiger partial charge on any atom is -0.390 e. The molecule has 6 rings (SSSR count). The molecule has 0 aromatic heterocycles. The van der Waals surface area contributed by atoms with E-state index in [1.165, 1.54) is 56.9 Å². The zero-order valence-corrected chi connectivity index (χ0v) is 21.4. The van der Waals surface area contributed by atoms with Crippen molar-refractivity contribution in [2.45, 2.75) is 115 Å². The number of nitrogens with zero attached hydrogens (tertiary/aromatic N) is 1. The van der Waals surface area contributed by atoms with Crippen molar-refractivity contribution in [2.24, 2.45) is 28.6 Å². The maximum Gasteiger partial charge on any atom is 0.0716 e. The molecule has 2 aliphatic carbocycles. The third-order valence-electron chi connectivity index (χ3n) is 11.8. The van der Waals surface area contributed by atoms with Crippen molar-refractivity contribution >= 4 is 0 Å². The van der Waals surface area contributed by atoms with Crippen molar-refractivity contribution < 1.29 is 9.84 Å². The third-order valence-corrected chi connectivity index (χ3v) is 11.8. The van der Waals surface area contributed by atoms with Crippen LogP contribution in [-0.4, -0.2) is 39.8 Å². The van der Waals surface area contributed by atoms with E-state index in [2.05, 4.69) is 62.9 Å². The molecule has 3 heterocycles. The fourth-order valence-electron chi connectivity index (χ4n) is 10.9. The van der Waals surface area contributed by atoms with Crippen molar-refractivity contribution in [3.05, 3.63) is 35.9 Å². The number of aliphatic hydroxyl groups is 1. The Morgan fingerprint density at radius 1 is 1.09 bits per heavy atom. The molecule has 5 aliphatic rings. The Morgan fingerprint density at radius 2 is 1.88 bits per heavy atom. The summed E-state index contributed by atoms with van der Waals surface area (Å²) in [5.41, 5.74) is 1.83. The maximum absolute atomic E-state index is 11.4. The molecule has 182 valence electrons. The van der Waals surface area contributed by atoms with Crippen molar-refractivity contribution in [3.63, 3.8) is 0 Å². The molecule has 33 heavy (non-hydrogen) atoms. The van der Waals surface area contributed by atoms with Crippen LogP contribution in [0.5, 0.6) is 0 Å². The molecule has 1 aromatic rings. The van der Waals surface area contributed by atoms with Gasteiger partial charge in [-0.15, -0.1) is 0 Å². The van der Waals surface area contributed by atoms with Crippen LogP contribution in [0.25, 0.3) is 0 Å². The van der Waals surface area contributed by atoms with E-state index >= 15 is 0 Å². The standard InChI is InChI=1S/C30H45NO2/c1-21-23-14-18-29-15-8-12-25(29)30(16-9-19-33-20-22-10-6-5-7-11-22)26(31(21)29)24(27(2,3)32)13-17-28(23,30)4/h5-7,10-11,21,23-26,32H,8-9,12-20H2,1-4H3/t21?,23-,24+,25-,26-,28+,29-,30+/m1/s1. The van der Waals surface area contributed by atoms with Gasteiger partial charge in [0, 0.05) is 30.1 Å². The average molecular weight is 452 g/mol. The van der Waals surface area contributed by atoms with Gasteiger partial charge in [0.25, 0.3) is 0 Å². The minimum absolute atomic E-state index is 0.343. The number of hydrogen-bond acceptors (Lipinski definition) is 3. The van der Waals surface area contributed by atoms with Crippen molar-refractivity contribution in [1.82, 2.24) is 4.90 Å². The number of rotatable bonds is 7. The van der Waals surface area contributed by atoms with Gasteiger partial charge in [0.2, 0.25) is 0 Å². The van der Waals surface area contributed by atoms with Crippen LogP contribution < -0.4 is 0 Å². The van der Waals surface area contributed by atoms with Crippen LogP contribution >= 0.6 is 0 Å². The summed E-state index contributed by atoms with van der Waals surface area (Å²) in [5.74, 6) is 2.02. The van der Waals surface area contributed by atoms with Gasteiger partial charge >= 0.3 is 0 Å². The lowest BCUT2D eigenvalue weighted by molar-refractivity contribution is -0.222. The number of hydrogen-bond donors (Lipinski definition) is 1. The molecule has 0 radical (unpaired) electrons. The van der Waals surface area contributed by atoms with Crippen LogP contribution in [0, 0.1) is 28.6 Å². The molecular formula is C30H45NO2.